The van der Waals surface area contributed by atoms with E-state index in [0.29, 0.717) is 12.8 Å². The zero-order valence-electron chi connectivity index (χ0n) is 9.85. The van der Waals surface area contributed by atoms with E-state index in [4.69, 9.17) is 20.4 Å². The van der Waals surface area contributed by atoms with Crippen molar-refractivity contribution >= 4 is 11.9 Å². The Morgan fingerprint density at radius 3 is 1.12 bits per heavy atom. The van der Waals surface area contributed by atoms with Gasteiger partial charge in [0.1, 0.15) is 0 Å². The molecule has 0 aliphatic heterocycles. The highest BCUT2D eigenvalue weighted by Gasteiger charge is 1.99. The van der Waals surface area contributed by atoms with Crippen molar-refractivity contribution in [3.8, 4) is 0 Å². The minimum atomic E-state index is -0.870. The molecule has 0 radical (unpaired) electrons. The minimum absolute atomic E-state index is 0.0628. The SMILES string of the molecule is CCO.CCO.O=C(O)CCCCC(=O)O. The molecule has 0 bridgehead atoms. The van der Waals surface area contributed by atoms with Crippen molar-refractivity contribution < 1.29 is 30.0 Å². The molecular formula is C10H22O6. The first kappa shape index (κ1) is 20.3. The summed E-state index contributed by atoms with van der Waals surface area (Å²) < 4.78 is 0. The average Bonchev–Trinajstić information content (AvgIpc) is 2.14. The molecule has 0 unspecified atom stereocenters. The van der Waals surface area contributed by atoms with E-state index in [0.717, 1.165) is 0 Å². The van der Waals surface area contributed by atoms with Crippen LogP contribution in [0.25, 0.3) is 0 Å². The third-order valence-electron chi connectivity index (χ3n) is 1.03. The molecule has 0 aromatic carbocycles. The third kappa shape index (κ3) is 52.7. The summed E-state index contributed by atoms with van der Waals surface area (Å²) >= 11 is 0. The van der Waals surface area contributed by atoms with Crippen molar-refractivity contribution in [2.24, 2.45) is 0 Å². The number of aliphatic carboxylic acids is 2. The van der Waals surface area contributed by atoms with Crippen molar-refractivity contribution in [3.63, 3.8) is 0 Å². The maximum absolute atomic E-state index is 9.90. The molecule has 0 saturated heterocycles. The molecule has 0 aliphatic rings. The van der Waals surface area contributed by atoms with Crippen molar-refractivity contribution in [2.45, 2.75) is 39.5 Å². The molecule has 0 aliphatic carbocycles. The van der Waals surface area contributed by atoms with Crippen molar-refractivity contribution in [1.82, 2.24) is 0 Å². The number of hydrogen-bond acceptors (Lipinski definition) is 4. The molecule has 98 valence electrons. The van der Waals surface area contributed by atoms with Crippen LogP contribution in [0.15, 0.2) is 0 Å². The second kappa shape index (κ2) is 19.4. The number of carbonyl (C=O) groups is 2. The fraction of sp³-hybridized carbons (Fsp3) is 0.800. The van der Waals surface area contributed by atoms with Gasteiger partial charge in [0.2, 0.25) is 0 Å². The van der Waals surface area contributed by atoms with Gasteiger partial charge in [0, 0.05) is 26.1 Å². The number of rotatable bonds is 5. The molecule has 6 nitrogen and oxygen atoms in total. The third-order valence-corrected chi connectivity index (χ3v) is 1.03. The number of aliphatic hydroxyl groups is 2. The fourth-order valence-corrected chi connectivity index (χ4v) is 0.552. The van der Waals surface area contributed by atoms with Gasteiger partial charge in [-0.1, -0.05) is 0 Å². The summed E-state index contributed by atoms with van der Waals surface area (Å²) in [6.45, 7) is 3.86. The summed E-state index contributed by atoms with van der Waals surface area (Å²) in [6.07, 6.45) is 1.02. The predicted molar refractivity (Wildman–Crippen MR) is 59.3 cm³/mol. The van der Waals surface area contributed by atoms with E-state index in [1.165, 1.54) is 0 Å². The Bertz CT molecular complexity index is 139. The lowest BCUT2D eigenvalue weighted by molar-refractivity contribution is -0.139. The van der Waals surface area contributed by atoms with E-state index in [1.54, 1.807) is 13.8 Å². The maximum Gasteiger partial charge on any atom is 0.303 e. The van der Waals surface area contributed by atoms with Gasteiger partial charge in [-0.05, 0) is 26.7 Å². The Labute approximate surface area is 95.5 Å². The Kier molecular flexibility index (Phi) is 24.7. The van der Waals surface area contributed by atoms with Gasteiger partial charge in [0.25, 0.3) is 0 Å². The molecule has 0 saturated carbocycles. The zero-order chi connectivity index (χ0) is 13.4. The number of unbranched alkanes of at least 4 members (excludes halogenated alkanes) is 1. The van der Waals surface area contributed by atoms with Gasteiger partial charge in [0.15, 0.2) is 0 Å². The highest BCUT2D eigenvalue weighted by molar-refractivity contribution is 5.67. The summed E-state index contributed by atoms with van der Waals surface area (Å²) in [7, 11) is 0. The van der Waals surface area contributed by atoms with Gasteiger partial charge in [-0.25, -0.2) is 0 Å². The number of aliphatic hydroxyl groups excluding tert-OH is 2. The Hall–Kier alpha value is -1.14. The van der Waals surface area contributed by atoms with Gasteiger partial charge in [0.05, 0.1) is 0 Å². The van der Waals surface area contributed by atoms with Crippen LogP contribution in [0.1, 0.15) is 39.5 Å². The molecule has 0 amide bonds. The molecule has 0 rings (SSSR count). The average molecular weight is 238 g/mol. The summed E-state index contributed by atoms with van der Waals surface area (Å²) in [5.74, 6) is -1.74. The van der Waals surface area contributed by atoms with Gasteiger partial charge in [-0.3, -0.25) is 9.59 Å². The molecule has 6 heteroatoms. The van der Waals surface area contributed by atoms with E-state index in [9.17, 15) is 9.59 Å². The van der Waals surface area contributed by atoms with Crippen LogP contribution in [0.5, 0.6) is 0 Å². The van der Waals surface area contributed by atoms with Crippen molar-refractivity contribution in [3.05, 3.63) is 0 Å². The predicted octanol–water partition coefficient (Wildman–Crippen LogP) is 0.713. The van der Waals surface area contributed by atoms with Crippen LogP contribution in [0.4, 0.5) is 0 Å². The normalized spacial score (nSPS) is 8.00. The van der Waals surface area contributed by atoms with Gasteiger partial charge in [-0.15, -0.1) is 0 Å². The number of hydrogen-bond donors (Lipinski definition) is 4. The lowest BCUT2D eigenvalue weighted by Gasteiger charge is -1.92. The number of carboxylic acid groups (broad SMARTS) is 2. The molecule has 0 heterocycles. The minimum Gasteiger partial charge on any atom is -0.481 e. The van der Waals surface area contributed by atoms with E-state index >= 15 is 0 Å². The molecule has 0 atom stereocenters. The summed E-state index contributed by atoms with van der Waals surface area (Å²) in [6, 6.07) is 0. The highest BCUT2D eigenvalue weighted by Crippen LogP contribution is 1.98. The fourth-order valence-electron chi connectivity index (χ4n) is 0.552. The van der Waals surface area contributed by atoms with Gasteiger partial charge >= 0.3 is 11.9 Å². The van der Waals surface area contributed by atoms with Crippen molar-refractivity contribution in [2.75, 3.05) is 13.2 Å². The molecular weight excluding hydrogens is 216 g/mol. The summed E-state index contributed by atoms with van der Waals surface area (Å²) in [4.78, 5) is 19.8. The lowest BCUT2D eigenvalue weighted by Crippen LogP contribution is -1.97. The molecule has 0 spiro atoms. The standard InChI is InChI=1S/C6H10O4.2C2H6O/c7-5(8)3-1-2-4-6(9)10;2*1-2-3/h1-4H2,(H,7,8)(H,9,10);2*3H,2H2,1H3. The topological polar surface area (TPSA) is 115 Å². The van der Waals surface area contributed by atoms with Crippen molar-refractivity contribution in [1.29, 1.82) is 0 Å². The Balaban J connectivity index is -0.000000235. The monoisotopic (exact) mass is 238 g/mol. The van der Waals surface area contributed by atoms with Gasteiger partial charge in [-0.2, -0.15) is 0 Å². The molecule has 0 aromatic heterocycles. The quantitative estimate of drug-likeness (QED) is 0.524. The van der Waals surface area contributed by atoms with Crippen LogP contribution in [-0.4, -0.2) is 45.6 Å². The lowest BCUT2D eigenvalue weighted by atomic mass is 10.2. The Morgan fingerprint density at radius 1 is 0.812 bits per heavy atom. The van der Waals surface area contributed by atoms with E-state index in [2.05, 4.69) is 0 Å². The van der Waals surface area contributed by atoms with E-state index in [-0.39, 0.29) is 26.1 Å². The Morgan fingerprint density at radius 2 is 1.00 bits per heavy atom. The smallest absolute Gasteiger partial charge is 0.303 e. The molecule has 0 aromatic rings. The van der Waals surface area contributed by atoms with E-state index < -0.39 is 11.9 Å². The van der Waals surface area contributed by atoms with Crippen LogP contribution < -0.4 is 0 Å². The largest absolute Gasteiger partial charge is 0.481 e. The highest BCUT2D eigenvalue weighted by atomic mass is 16.4. The molecule has 16 heavy (non-hydrogen) atoms. The first-order chi connectivity index (χ1) is 7.45. The molecule has 0 fully saturated rings. The molecule has 4 N–H and O–H groups in total. The number of carboxylic acids is 2. The summed E-state index contributed by atoms with van der Waals surface area (Å²) in [5.41, 5.74) is 0. The van der Waals surface area contributed by atoms with Crippen LogP contribution in [0.3, 0.4) is 0 Å². The maximum atomic E-state index is 9.90. The van der Waals surface area contributed by atoms with Crippen LogP contribution in [0.2, 0.25) is 0 Å². The van der Waals surface area contributed by atoms with E-state index in [1.807, 2.05) is 0 Å². The first-order valence-corrected chi connectivity index (χ1v) is 5.11. The van der Waals surface area contributed by atoms with Crippen LogP contribution in [-0.2, 0) is 9.59 Å². The second-order valence-corrected chi connectivity index (χ2v) is 2.63. The van der Waals surface area contributed by atoms with Gasteiger partial charge < -0.3 is 20.4 Å². The van der Waals surface area contributed by atoms with Crippen LogP contribution >= 0.6 is 0 Å². The summed E-state index contributed by atoms with van der Waals surface area (Å²) in [5, 5.41) is 31.4. The van der Waals surface area contributed by atoms with Crippen LogP contribution in [0, 0.1) is 0 Å². The second-order valence-electron chi connectivity index (χ2n) is 2.63. The first-order valence-electron chi connectivity index (χ1n) is 5.11. The zero-order valence-corrected chi connectivity index (χ0v) is 9.85.